The Hall–Kier alpha value is -2.07. The first kappa shape index (κ1) is 15.3. The van der Waals surface area contributed by atoms with Crippen LogP contribution in [0.4, 0.5) is 13.2 Å². The molecule has 0 amide bonds. The van der Waals surface area contributed by atoms with E-state index in [0.29, 0.717) is 5.69 Å². The first-order valence-electron chi connectivity index (χ1n) is 5.73. The van der Waals surface area contributed by atoms with Gasteiger partial charge in [-0.25, -0.2) is 4.98 Å². The highest BCUT2D eigenvalue weighted by Gasteiger charge is 2.35. The molecule has 0 saturated heterocycles. The van der Waals surface area contributed by atoms with Gasteiger partial charge in [0.1, 0.15) is 5.75 Å². The van der Waals surface area contributed by atoms with Gasteiger partial charge in [-0.05, 0) is 47.1 Å². The number of aryl methyl sites for hydroxylation is 1. The summed E-state index contributed by atoms with van der Waals surface area (Å²) in [6, 6.07) is 7.88. The van der Waals surface area contributed by atoms with Crippen LogP contribution in [0.15, 0.2) is 34.8 Å². The maximum atomic E-state index is 13.0. The van der Waals surface area contributed by atoms with Crippen LogP contribution in [0.3, 0.4) is 0 Å². The van der Waals surface area contributed by atoms with Crippen molar-refractivity contribution in [3.8, 4) is 17.7 Å². The predicted molar refractivity (Wildman–Crippen MR) is 72.9 cm³/mol. The van der Waals surface area contributed by atoms with Gasteiger partial charge in [-0.15, -0.1) is 0 Å². The maximum absolute atomic E-state index is 13.0. The second-order valence-electron chi connectivity index (χ2n) is 4.14. The van der Waals surface area contributed by atoms with E-state index in [1.807, 2.05) is 0 Å². The molecule has 0 radical (unpaired) electrons. The van der Waals surface area contributed by atoms with Gasteiger partial charge < -0.3 is 4.74 Å². The van der Waals surface area contributed by atoms with E-state index in [-0.39, 0.29) is 11.4 Å². The van der Waals surface area contributed by atoms with Crippen molar-refractivity contribution in [2.75, 3.05) is 0 Å². The molecule has 0 aliphatic carbocycles. The molecular weight excluding hydrogens is 349 g/mol. The molecule has 21 heavy (non-hydrogen) atoms. The first-order chi connectivity index (χ1) is 9.81. The predicted octanol–water partition coefficient (Wildman–Crippen LogP) is 4.84. The van der Waals surface area contributed by atoms with E-state index in [9.17, 15) is 13.2 Å². The number of halogens is 4. The van der Waals surface area contributed by atoms with Gasteiger partial charge in [-0.3, -0.25) is 0 Å². The minimum Gasteiger partial charge on any atom is -0.438 e. The molecule has 0 N–H and O–H groups in total. The van der Waals surface area contributed by atoms with E-state index in [0.717, 1.165) is 16.6 Å². The molecule has 0 saturated carbocycles. The number of alkyl halides is 3. The van der Waals surface area contributed by atoms with Crippen LogP contribution in [0.1, 0.15) is 16.8 Å². The SMILES string of the molecule is Cc1nc(Oc2ccc(C#N)cc2C(F)(F)F)ccc1Br. The molecule has 0 fully saturated rings. The quantitative estimate of drug-likeness (QED) is 0.773. The van der Waals surface area contributed by atoms with Crippen LogP contribution in [-0.4, -0.2) is 4.98 Å². The molecule has 108 valence electrons. The second-order valence-corrected chi connectivity index (χ2v) is 4.99. The van der Waals surface area contributed by atoms with E-state index >= 15 is 0 Å². The van der Waals surface area contributed by atoms with Crippen molar-refractivity contribution < 1.29 is 17.9 Å². The molecule has 7 heteroatoms. The lowest BCUT2D eigenvalue weighted by molar-refractivity contribution is -0.138. The normalized spacial score (nSPS) is 11.0. The van der Waals surface area contributed by atoms with Crippen molar-refractivity contribution in [2.45, 2.75) is 13.1 Å². The summed E-state index contributed by atoms with van der Waals surface area (Å²) in [6.07, 6.45) is -4.62. The van der Waals surface area contributed by atoms with Crippen LogP contribution >= 0.6 is 15.9 Å². The van der Waals surface area contributed by atoms with Crippen LogP contribution in [-0.2, 0) is 6.18 Å². The van der Waals surface area contributed by atoms with Crippen LogP contribution in [0.25, 0.3) is 0 Å². The van der Waals surface area contributed by atoms with Gasteiger partial charge in [0, 0.05) is 10.5 Å². The maximum Gasteiger partial charge on any atom is 0.420 e. The second kappa shape index (κ2) is 5.74. The fourth-order valence-corrected chi connectivity index (χ4v) is 1.82. The molecule has 1 aromatic heterocycles. The Labute approximate surface area is 127 Å². The standard InChI is InChI=1S/C14H8BrF3N2O/c1-8-11(15)3-5-13(20-8)21-12-4-2-9(7-19)6-10(12)14(16,17)18/h2-6H,1H3. The number of ether oxygens (including phenoxy) is 1. The molecule has 0 aliphatic rings. The Bertz CT molecular complexity index is 723. The number of hydrogen-bond donors (Lipinski definition) is 0. The monoisotopic (exact) mass is 356 g/mol. The van der Waals surface area contributed by atoms with Crippen molar-refractivity contribution in [3.63, 3.8) is 0 Å². The Morgan fingerprint density at radius 1 is 1.24 bits per heavy atom. The Balaban J connectivity index is 2.44. The number of aromatic nitrogens is 1. The third-order valence-corrected chi connectivity index (χ3v) is 3.46. The molecule has 0 atom stereocenters. The highest BCUT2D eigenvalue weighted by Crippen LogP contribution is 2.38. The van der Waals surface area contributed by atoms with Crippen LogP contribution in [0.2, 0.25) is 0 Å². The molecule has 2 rings (SSSR count). The molecule has 2 aromatic rings. The summed E-state index contributed by atoms with van der Waals surface area (Å²) in [4.78, 5) is 4.03. The van der Waals surface area contributed by atoms with Gasteiger partial charge in [0.15, 0.2) is 0 Å². The Kier molecular flexibility index (Phi) is 4.19. The third kappa shape index (κ3) is 3.52. The summed E-state index contributed by atoms with van der Waals surface area (Å²) in [5.41, 5.74) is -0.506. The number of benzene rings is 1. The van der Waals surface area contributed by atoms with Gasteiger partial charge >= 0.3 is 6.18 Å². The lowest BCUT2D eigenvalue weighted by Crippen LogP contribution is -2.08. The lowest BCUT2D eigenvalue weighted by atomic mass is 10.1. The molecule has 1 heterocycles. The van der Waals surface area contributed by atoms with Crippen molar-refractivity contribution >= 4 is 15.9 Å². The van der Waals surface area contributed by atoms with Gasteiger partial charge in [0.2, 0.25) is 5.88 Å². The van der Waals surface area contributed by atoms with Gasteiger partial charge in [0.05, 0.1) is 22.9 Å². The number of nitrogens with zero attached hydrogens (tertiary/aromatic N) is 2. The minimum absolute atomic E-state index is 0.0471. The van der Waals surface area contributed by atoms with Crippen molar-refractivity contribution in [2.24, 2.45) is 0 Å². The topological polar surface area (TPSA) is 45.9 Å². The van der Waals surface area contributed by atoms with Crippen molar-refractivity contribution in [1.82, 2.24) is 4.98 Å². The first-order valence-corrected chi connectivity index (χ1v) is 6.53. The van der Waals surface area contributed by atoms with Gasteiger partial charge in [0.25, 0.3) is 0 Å². The molecule has 1 aromatic carbocycles. The molecular formula is C14H8BrF3N2O. The van der Waals surface area contributed by atoms with Crippen LogP contribution < -0.4 is 4.74 Å². The zero-order valence-electron chi connectivity index (χ0n) is 10.7. The van der Waals surface area contributed by atoms with E-state index in [2.05, 4.69) is 20.9 Å². The summed E-state index contributed by atoms with van der Waals surface area (Å²) in [5.74, 6) is -0.346. The summed E-state index contributed by atoms with van der Waals surface area (Å²) in [5, 5.41) is 8.70. The smallest absolute Gasteiger partial charge is 0.420 e. The van der Waals surface area contributed by atoms with E-state index < -0.39 is 17.5 Å². The Morgan fingerprint density at radius 3 is 2.52 bits per heavy atom. The number of pyridine rings is 1. The minimum atomic E-state index is -4.62. The summed E-state index contributed by atoms with van der Waals surface area (Å²) in [7, 11) is 0. The van der Waals surface area contributed by atoms with E-state index in [4.69, 9.17) is 10.00 Å². The van der Waals surface area contributed by atoms with Crippen molar-refractivity contribution in [3.05, 3.63) is 51.6 Å². The highest BCUT2D eigenvalue weighted by atomic mass is 79.9. The average Bonchev–Trinajstić information content (AvgIpc) is 2.42. The average molecular weight is 357 g/mol. The summed E-state index contributed by atoms with van der Waals surface area (Å²) >= 11 is 3.25. The fraction of sp³-hybridized carbons (Fsp3) is 0.143. The van der Waals surface area contributed by atoms with Gasteiger partial charge in [-0.2, -0.15) is 18.4 Å². The fourth-order valence-electron chi connectivity index (χ4n) is 1.60. The van der Waals surface area contributed by atoms with Crippen LogP contribution in [0, 0.1) is 18.3 Å². The third-order valence-electron chi connectivity index (χ3n) is 2.62. The number of nitriles is 1. The van der Waals surface area contributed by atoms with E-state index in [1.54, 1.807) is 19.1 Å². The number of rotatable bonds is 2. The lowest BCUT2D eigenvalue weighted by Gasteiger charge is -2.13. The van der Waals surface area contributed by atoms with Gasteiger partial charge in [-0.1, -0.05) is 0 Å². The van der Waals surface area contributed by atoms with E-state index in [1.165, 1.54) is 12.1 Å². The number of hydrogen-bond acceptors (Lipinski definition) is 3. The zero-order valence-corrected chi connectivity index (χ0v) is 12.3. The molecule has 0 unspecified atom stereocenters. The largest absolute Gasteiger partial charge is 0.438 e. The molecule has 0 bridgehead atoms. The summed E-state index contributed by atoms with van der Waals surface area (Å²) < 4.78 is 44.9. The van der Waals surface area contributed by atoms with Crippen molar-refractivity contribution in [1.29, 1.82) is 5.26 Å². The van der Waals surface area contributed by atoms with Crippen LogP contribution in [0.5, 0.6) is 11.6 Å². The zero-order chi connectivity index (χ0) is 15.6. The molecule has 0 spiro atoms. The summed E-state index contributed by atoms with van der Waals surface area (Å²) in [6.45, 7) is 1.69. The molecule has 0 aliphatic heterocycles. The highest BCUT2D eigenvalue weighted by molar-refractivity contribution is 9.10. The Morgan fingerprint density at radius 2 is 1.95 bits per heavy atom. The molecule has 3 nitrogen and oxygen atoms in total.